The largest absolute Gasteiger partial charge is 0.444 e. The average Bonchev–Trinajstić information content (AvgIpc) is 3.16. The monoisotopic (exact) mass is 406 g/mol. The van der Waals surface area contributed by atoms with Crippen molar-refractivity contribution in [3.05, 3.63) is 78.1 Å². The normalized spacial score (nSPS) is 11.0. The van der Waals surface area contributed by atoms with Crippen LogP contribution in [0.5, 0.6) is 0 Å². The molecule has 3 rings (SSSR count). The smallest absolute Gasteiger partial charge is 0.412 e. The Bertz CT molecular complexity index is 1010. The van der Waals surface area contributed by atoms with Crippen molar-refractivity contribution in [3.63, 3.8) is 0 Å². The minimum Gasteiger partial charge on any atom is -0.444 e. The van der Waals surface area contributed by atoms with Crippen LogP contribution in [0.25, 0.3) is 5.69 Å². The van der Waals surface area contributed by atoms with Gasteiger partial charge in [-0.25, -0.2) is 9.48 Å². The molecule has 7 heteroatoms. The van der Waals surface area contributed by atoms with Crippen LogP contribution in [0.4, 0.5) is 10.5 Å². The van der Waals surface area contributed by atoms with Gasteiger partial charge in [-0.3, -0.25) is 10.1 Å². The number of ether oxygens (including phenoxy) is 1. The molecule has 1 aromatic heterocycles. The molecule has 30 heavy (non-hydrogen) atoms. The molecular weight excluding hydrogens is 380 g/mol. The first-order valence-electron chi connectivity index (χ1n) is 9.78. The molecule has 2 amide bonds. The fraction of sp³-hybridized carbons (Fsp3) is 0.261. The van der Waals surface area contributed by atoms with E-state index in [4.69, 9.17) is 4.74 Å². The highest BCUT2D eigenvalue weighted by molar-refractivity contribution is 5.96. The van der Waals surface area contributed by atoms with Gasteiger partial charge in [0.2, 0.25) is 0 Å². The summed E-state index contributed by atoms with van der Waals surface area (Å²) in [4.78, 5) is 24.3. The third kappa shape index (κ3) is 6.20. The lowest BCUT2D eigenvalue weighted by Gasteiger charge is -2.19. The third-order valence-electron chi connectivity index (χ3n) is 4.10. The van der Waals surface area contributed by atoms with E-state index >= 15 is 0 Å². The SMILES string of the molecule is CC(C)(C)OC(=O)Nc1cccc(C(=O)NCCc2ccn(-c3ccccc3)n2)c1. The standard InChI is InChI=1S/C23H26N4O3/c1-23(2,3)30-22(29)25-19-9-7-8-17(16-19)21(28)24-14-12-18-13-15-27(26-18)20-10-5-4-6-11-20/h4-11,13,15-16H,12,14H2,1-3H3,(H,24,28)(H,25,29). The lowest BCUT2D eigenvalue weighted by atomic mass is 10.2. The minimum absolute atomic E-state index is 0.217. The van der Waals surface area contributed by atoms with Crippen LogP contribution in [0.2, 0.25) is 0 Å². The van der Waals surface area contributed by atoms with Crippen molar-refractivity contribution in [1.82, 2.24) is 15.1 Å². The van der Waals surface area contributed by atoms with Crippen LogP contribution in [-0.2, 0) is 11.2 Å². The highest BCUT2D eigenvalue weighted by Crippen LogP contribution is 2.14. The van der Waals surface area contributed by atoms with Crippen LogP contribution in [0, 0.1) is 0 Å². The van der Waals surface area contributed by atoms with Crippen molar-refractivity contribution in [2.45, 2.75) is 32.8 Å². The predicted octanol–water partition coefficient (Wildman–Crippen LogP) is 4.19. The van der Waals surface area contributed by atoms with E-state index in [1.165, 1.54) is 0 Å². The number of anilines is 1. The first-order valence-corrected chi connectivity index (χ1v) is 9.78. The van der Waals surface area contributed by atoms with Gasteiger partial charge in [-0.15, -0.1) is 0 Å². The Morgan fingerprint density at radius 2 is 1.80 bits per heavy atom. The van der Waals surface area contributed by atoms with E-state index in [-0.39, 0.29) is 5.91 Å². The van der Waals surface area contributed by atoms with Gasteiger partial charge < -0.3 is 10.1 Å². The maximum atomic E-state index is 12.4. The van der Waals surface area contributed by atoms with Crippen LogP contribution in [0.15, 0.2) is 66.9 Å². The lowest BCUT2D eigenvalue weighted by molar-refractivity contribution is 0.0635. The topological polar surface area (TPSA) is 85.2 Å². The first-order chi connectivity index (χ1) is 14.3. The zero-order valence-corrected chi connectivity index (χ0v) is 17.4. The number of hydrogen-bond acceptors (Lipinski definition) is 4. The number of nitrogens with zero attached hydrogens (tertiary/aromatic N) is 2. The lowest BCUT2D eigenvalue weighted by Crippen LogP contribution is -2.28. The van der Waals surface area contributed by atoms with Gasteiger partial charge in [0.25, 0.3) is 5.91 Å². The molecule has 0 radical (unpaired) electrons. The molecule has 3 aromatic rings. The second-order valence-electron chi connectivity index (χ2n) is 7.80. The number of nitrogens with one attached hydrogen (secondary N) is 2. The summed E-state index contributed by atoms with van der Waals surface area (Å²) in [7, 11) is 0. The molecule has 0 unspecified atom stereocenters. The Kier molecular flexibility index (Phi) is 6.51. The van der Waals surface area contributed by atoms with Gasteiger partial charge in [-0.1, -0.05) is 24.3 Å². The van der Waals surface area contributed by atoms with Crippen molar-refractivity contribution < 1.29 is 14.3 Å². The highest BCUT2D eigenvalue weighted by atomic mass is 16.6. The Labute approximate surface area is 176 Å². The van der Waals surface area contributed by atoms with E-state index in [0.29, 0.717) is 24.2 Å². The molecule has 0 spiro atoms. The Morgan fingerprint density at radius 1 is 1.03 bits per heavy atom. The number of carbonyl (C=O) groups is 2. The second-order valence-corrected chi connectivity index (χ2v) is 7.80. The Hall–Kier alpha value is -3.61. The fourth-order valence-corrected chi connectivity index (χ4v) is 2.79. The number of para-hydroxylation sites is 1. The summed E-state index contributed by atoms with van der Waals surface area (Å²) < 4.78 is 7.04. The molecule has 0 saturated carbocycles. The van der Waals surface area contributed by atoms with E-state index in [9.17, 15) is 9.59 Å². The summed E-state index contributed by atoms with van der Waals surface area (Å²) in [5, 5.41) is 10.1. The molecule has 156 valence electrons. The van der Waals surface area contributed by atoms with E-state index in [1.807, 2.05) is 47.3 Å². The first kappa shape index (κ1) is 21.1. The van der Waals surface area contributed by atoms with Gasteiger partial charge in [0, 0.05) is 30.4 Å². The van der Waals surface area contributed by atoms with Crippen molar-refractivity contribution >= 4 is 17.7 Å². The number of hydrogen-bond donors (Lipinski definition) is 2. The molecule has 0 aliphatic carbocycles. The Morgan fingerprint density at radius 3 is 2.53 bits per heavy atom. The zero-order valence-electron chi connectivity index (χ0n) is 17.4. The van der Waals surface area contributed by atoms with E-state index < -0.39 is 11.7 Å². The Balaban J connectivity index is 1.52. The van der Waals surface area contributed by atoms with Crippen molar-refractivity contribution in [1.29, 1.82) is 0 Å². The highest BCUT2D eigenvalue weighted by Gasteiger charge is 2.16. The van der Waals surface area contributed by atoms with Crippen molar-refractivity contribution in [2.75, 3.05) is 11.9 Å². The van der Waals surface area contributed by atoms with Gasteiger partial charge in [0.1, 0.15) is 5.60 Å². The molecule has 0 saturated heterocycles. The number of amides is 2. The van der Waals surface area contributed by atoms with Crippen LogP contribution in [-0.4, -0.2) is 33.9 Å². The van der Waals surface area contributed by atoms with E-state index in [0.717, 1.165) is 11.4 Å². The quantitative estimate of drug-likeness (QED) is 0.643. The molecule has 0 aliphatic heterocycles. The van der Waals surface area contributed by atoms with Crippen LogP contribution in [0.1, 0.15) is 36.8 Å². The summed E-state index contributed by atoms with van der Waals surface area (Å²) >= 11 is 0. The second kappa shape index (κ2) is 9.26. The van der Waals surface area contributed by atoms with Gasteiger partial charge in [-0.2, -0.15) is 5.10 Å². The van der Waals surface area contributed by atoms with Gasteiger partial charge >= 0.3 is 6.09 Å². The van der Waals surface area contributed by atoms with Gasteiger partial charge in [0.15, 0.2) is 0 Å². The van der Waals surface area contributed by atoms with Gasteiger partial charge in [-0.05, 0) is 57.2 Å². The third-order valence-corrected chi connectivity index (χ3v) is 4.10. The molecule has 0 bridgehead atoms. The van der Waals surface area contributed by atoms with Crippen LogP contribution >= 0.6 is 0 Å². The number of benzene rings is 2. The number of carbonyl (C=O) groups excluding carboxylic acids is 2. The van der Waals surface area contributed by atoms with E-state index in [2.05, 4.69) is 15.7 Å². The molecule has 2 N–H and O–H groups in total. The molecular formula is C23H26N4O3. The fourth-order valence-electron chi connectivity index (χ4n) is 2.79. The molecule has 0 atom stereocenters. The van der Waals surface area contributed by atoms with Crippen molar-refractivity contribution in [3.8, 4) is 5.69 Å². The number of rotatable bonds is 6. The van der Waals surface area contributed by atoms with Crippen LogP contribution < -0.4 is 10.6 Å². The molecule has 0 aliphatic rings. The maximum absolute atomic E-state index is 12.4. The summed E-state index contributed by atoms with van der Waals surface area (Å²) in [6.07, 6.45) is 1.95. The van der Waals surface area contributed by atoms with Gasteiger partial charge in [0.05, 0.1) is 11.4 Å². The summed E-state index contributed by atoms with van der Waals surface area (Å²) in [5.74, 6) is -0.217. The van der Waals surface area contributed by atoms with Crippen LogP contribution in [0.3, 0.4) is 0 Å². The maximum Gasteiger partial charge on any atom is 0.412 e. The average molecular weight is 406 g/mol. The minimum atomic E-state index is -0.591. The summed E-state index contributed by atoms with van der Waals surface area (Å²) in [6, 6.07) is 18.5. The summed E-state index contributed by atoms with van der Waals surface area (Å²) in [5.41, 5.74) is 2.24. The van der Waals surface area contributed by atoms with Crippen molar-refractivity contribution in [2.24, 2.45) is 0 Å². The van der Waals surface area contributed by atoms with E-state index in [1.54, 1.807) is 45.0 Å². The predicted molar refractivity (Wildman–Crippen MR) is 116 cm³/mol. The molecule has 0 fully saturated rings. The molecule has 2 aromatic carbocycles. The number of aromatic nitrogens is 2. The molecule has 1 heterocycles. The zero-order chi connectivity index (χ0) is 21.6. The molecule has 7 nitrogen and oxygen atoms in total. The summed E-state index contributed by atoms with van der Waals surface area (Å²) in [6.45, 7) is 5.83.